The first-order chi connectivity index (χ1) is 11.1. The van der Waals surface area contributed by atoms with Gasteiger partial charge >= 0.3 is 0 Å². The molecule has 23 heavy (non-hydrogen) atoms. The number of anilines is 1. The normalized spacial score (nSPS) is 10.5. The third-order valence-electron chi connectivity index (χ3n) is 3.46. The fourth-order valence-electron chi connectivity index (χ4n) is 2.38. The smallest absolute Gasteiger partial charge is 0.247 e. The van der Waals surface area contributed by atoms with Gasteiger partial charge < -0.3 is 10.3 Å². The predicted octanol–water partition coefficient (Wildman–Crippen LogP) is 4.18. The monoisotopic (exact) mass is 324 g/mol. The summed E-state index contributed by atoms with van der Waals surface area (Å²) in [6.45, 7) is 3.44. The highest BCUT2D eigenvalue weighted by Gasteiger charge is 2.20. The van der Waals surface area contributed by atoms with Crippen molar-refractivity contribution in [2.75, 3.05) is 5.32 Å². The Kier molecular flexibility index (Phi) is 4.00. The average molecular weight is 325 g/mol. The molecular weight excluding hydrogens is 312 g/mol. The summed E-state index contributed by atoms with van der Waals surface area (Å²) in [4.78, 5) is 27.5. The van der Waals surface area contributed by atoms with Crippen LogP contribution in [0, 0.1) is 0 Å². The summed E-state index contributed by atoms with van der Waals surface area (Å²) >= 11 is 6.00. The minimum atomic E-state index is -0.386. The molecule has 0 saturated heterocycles. The number of nitrogens with one attached hydrogen (secondary N) is 2. The number of fused-ring (bicyclic) bond motifs is 1. The van der Waals surface area contributed by atoms with Gasteiger partial charge in [-0.2, -0.15) is 0 Å². The van der Waals surface area contributed by atoms with E-state index in [9.17, 15) is 9.59 Å². The minimum absolute atomic E-state index is 0.211. The van der Waals surface area contributed by atoms with Gasteiger partial charge in [-0.05, 0) is 24.3 Å². The van der Waals surface area contributed by atoms with Crippen LogP contribution >= 0.6 is 11.6 Å². The van der Waals surface area contributed by atoms with Gasteiger partial charge in [0.25, 0.3) is 0 Å². The van der Waals surface area contributed by atoms with Crippen LogP contribution in [0.4, 0.5) is 5.69 Å². The summed E-state index contributed by atoms with van der Waals surface area (Å²) < 4.78 is 0. The number of benzene rings is 2. The Bertz CT molecular complexity index is 913. The van der Waals surface area contributed by atoms with Crippen molar-refractivity contribution in [1.82, 2.24) is 4.98 Å². The quantitative estimate of drug-likeness (QED) is 0.558. The highest BCUT2D eigenvalue weighted by molar-refractivity contribution is 6.31. The molecule has 0 aliphatic rings. The first-order valence-corrected chi connectivity index (χ1v) is 7.32. The lowest BCUT2D eigenvalue weighted by atomic mass is 10.1. The van der Waals surface area contributed by atoms with Crippen molar-refractivity contribution in [1.29, 1.82) is 0 Å². The zero-order valence-electron chi connectivity index (χ0n) is 12.1. The molecule has 1 aromatic heterocycles. The summed E-state index contributed by atoms with van der Waals surface area (Å²) in [6.07, 6.45) is 1.16. The molecule has 1 amide bonds. The third kappa shape index (κ3) is 2.89. The molecule has 0 bridgehead atoms. The van der Waals surface area contributed by atoms with E-state index in [1.807, 2.05) is 6.07 Å². The van der Waals surface area contributed by atoms with E-state index in [1.165, 1.54) is 0 Å². The van der Waals surface area contributed by atoms with E-state index in [0.717, 1.165) is 6.08 Å². The lowest BCUT2D eigenvalue weighted by Crippen LogP contribution is -2.11. The number of amides is 1. The van der Waals surface area contributed by atoms with Gasteiger partial charge in [-0.3, -0.25) is 9.59 Å². The Hall–Kier alpha value is -2.85. The molecule has 0 saturated carbocycles. The van der Waals surface area contributed by atoms with Gasteiger partial charge in [0.05, 0.1) is 5.69 Å². The van der Waals surface area contributed by atoms with Gasteiger partial charge in [-0.15, -0.1) is 0 Å². The van der Waals surface area contributed by atoms with Gasteiger partial charge in [-0.25, -0.2) is 0 Å². The molecule has 4 nitrogen and oxygen atoms in total. The van der Waals surface area contributed by atoms with Crippen LogP contribution in [0.2, 0.25) is 5.02 Å². The molecule has 0 aliphatic heterocycles. The lowest BCUT2D eigenvalue weighted by Gasteiger charge is -2.05. The minimum Gasteiger partial charge on any atom is -0.350 e. The number of rotatable bonds is 4. The van der Waals surface area contributed by atoms with Crippen molar-refractivity contribution in [3.8, 4) is 0 Å². The molecule has 0 aliphatic carbocycles. The largest absolute Gasteiger partial charge is 0.350 e. The van der Waals surface area contributed by atoms with Gasteiger partial charge in [0.15, 0.2) is 0 Å². The molecule has 2 N–H and O–H groups in total. The van der Waals surface area contributed by atoms with E-state index in [1.54, 1.807) is 42.5 Å². The van der Waals surface area contributed by atoms with Crippen LogP contribution in [0.25, 0.3) is 10.9 Å². The summed E-state index contributed by atoms with van der Waals surface area (Å²) in [5.41, 5.74) is 1.94. The van der Waals surface area contributed by atoms with Crippen molar-refractivity contribution in [3.63, 3.8) is 0 Å². The van der Waals surface area contributed by atoms with Crippen molar-refractivity contribution in [2.24, 2.45) is 0 Å². The highest BCUT2D eigenvalue weighted by atomic mass is 35.5. The molecule has 0 spiro atoms. The third-order valence-corrected chi connectivity index (χ3v) is 3.69. The van der Waals surface area contributed by atoms with E-state index in [-0.39, 0.29) is 11.7 Å². The highest BCUT2D eigenvalue weighted by Crippen LogP contribution is 2.31. The topological polar surface area (TPSA) is 62.0 Å². The maximum atomic E-state index is 12.8. The first kappa shape index (κ1) is 15.1. The lowest BCUT2D eigenvalue weighted by molar-refractivity contribution is -0.111. The van der Waals surface area contributed by atoms with Gasteiger partial charge in [0.2, 0.25) is 11.7 Å². The van der Waals surface area contributed by atoms with Crippen molar-refractivity contribution in [3.05, 3.63) is 77.5 Å². The molecule has 0 unspecified atom stereocenters. The maximum absolute atomic E-state index is 12.8. The fourth-order valence-corrected chi connectivity index (χ4v) is 2.55. The Morgan fingerprint density at radius 2 is 1.87 bits per heavy atom. The summed E-state index contributed by atoms with van der Waals surface area (Å²) in [5.74, 6) is -0.597. The van der Waals surface area contributed by atoms with E-state index in [2.05, 4.69) is 16.9 Å². The predicted molar refractivity (Wildman–Crippen MR) is 92.0 cm³/mol. The molecular formula is C18H13ClN2O2. The number of hydrogen-bond donors (Lipinski definition) is 2. The van der Waals surface area contributed by atoms with Crippen molar-refractivity contribution < 1.29 is 9.59 Å². The molecule has 2 aromatic carbocycles. The zero-order valence-corrected chi connectivity index (χ0v) is 12.9. The zero-order chi connectivity index (χ0) is 16.4. The van der Waals surface area contributed by atoms with Crippen LogP contribution in [0.1, 0.15) is 16.1 Å². The summed E-state index contributed by atoms with van der Waals surface area (Å²) in [6, 6.07) is 14.0. The number of H-pyrrole nitrogens is 1. The molecule has 3 aromatic rings. The maximum Gasteiger partial charge on any atom is 0.247 e. The first-order valence-electron chi connectivity index (χ1n) is 6.94. The van der Waals surface area contributed by atoms with Crippen LogP contribution in [0.3, 0.4) is 0 Å². The molecule has 5 heteroatoms. The van der Waals surface area contributed by atoms with Gasteiger partial charge in [-0.1, -0.05) is 48.5 Å². The SMILES string of the molecule is C=CC(=O)Nc1c(C(=O)c2ccccc2)[nH]c2cc(Cl)ccc12. The Balaban J connectivity index is 2.18. The van der Waals surface area contributed by atoms with Gasteiger partial charge in [0, 0.05) is 21.5 Å². The molecule has 0 atom stereocenters. The van der Waals surface area contributed by atoms with Crippen molar-refractivity contribution in [2.45, 2.75) is 0 Å². The number of halogens is 1. The van der Waals surface area contributed by atoms with Crippen LogP contribution in [-0.4, -0.2) is 16.7 Å². The molecule has 3 rings (SSSR count). The summed E-state index contributed by atoms with van der Waals surface area (Å²) in [5, 5.41) is 3.95. The second-order valence-electron chi connectivity index (χ2n) is 4.95. The Morgan fingerprint density at radius 1 is 1.13 bits per heavy atom. The number of hydrogen-bond acceptors (Lipinski definition) is 2. The molecule has 0 fully saturated rings. The Labute approximate surface area is 137 Å². The Morgan fingerprint density at radius 3 is 2.57 bits per heavy atom. The van der Waals surface area contributed by atoms with Crippen LogP contribution in [0.15, 0.2) is 61.2 Å². The molecule has 1 heterocycles. The van der Waals surface area contributed by atoms with Crippen LogP contribution < -0.4 is 5.32 Å². The van der Waals surface area contributed by atoms with Gasteiger partial charge in [0.1, 0.15) is 5.69 Å². The van der Waals surface area contributed by atoms with E-state index in [4.69, 9.17) is 11.6 Å². The fraction of sp³-hybridized carbons (Fsp3) is 0. The van der Waals surface area contributed by atoms with Crippen molar-refractivity contribution >= 4 is 39.9 Å². The van der Waals surface area contributed by atoms with E-state index >= 15 is 0 Å². The van der Waals surface area contributed by atoms with Crippen LogP contribution in [-0.2, 0) is 4.79 Å². The number of ketones is 1. The number of carbonyl (C=O) groups is 2. The summed E-state index contributed by atoms with van der Waals surface area (Å²) in [7, 11) is 0. The number of aromatic nitrogens is 1. The average Bonchev–Trinajstić information content (AvgIpc) is 2.92. The standard InChI is InChI=1S/C18H13ClN2O2/c1-2-15(22)21-16-13-9-8-12(19)10-14(13)20-17(16)18(23)11-6-4-3-5-7-11/h2-10,20H,1H2,(H,21,22). The second-order valence-corrected chi connectivity index (χ2v) is 5.39. The van der Waals surface area contributed by atoms with Crippen LogP contribution in [0.5, 0.6) is 0 Å². The van der Waals surface area contributed by atoms with E-state index in [0.29, 0.717) is 32.9 Å². The molecule has 0 radical (unpaired) electrons. The molecule has 114 valence electrons. The second kappa shape index (κ2) is 6.10. The number of aromatic amines is 1. The van der Waals surface area contributed by atoms with E-state index < -0.39 is 0 Å². The number of carbonyl (C=O) groups excluding carboxylic acids is 2.